The summed E-state index contributed by atoms with van der Waals surface area (Å²) in [5.74, 6) is 0. The van der Waals surface area contributed by atoms with Gasteiger partial charge in [0.15, 0.2) is 0 Å². The molecule has 0 aromatic heterocycles. The fourth-order valence-corrected chi connectivity index (χ4v) is 11.2. The van der Waals surface area contributed by atoms with Gasteiger partial charge in [0.2, 0.25) is 0 Å². The molecule has 0 aromatic rings. The van der Waals surface area contributed by atoms with Crippen molar-refractivity contribution >= 4 is 6.60 Å². The molecule has 19 heavy (non-hydrogen) atoms. The van der Waals surface area contributed by atoms with E-state index in [4.69, 9.17) is 0 Å². The van der Waals surface area contributed by atoms with E-state index in [1.54, 1.807) is 24.6 Å². The van der Waals surface area contributed by atoms with Crippen LogP contribution in [0.5, 0.6) is 0 Å². The van der Waals surface area contributed by atoms with Crippen LogP contribution < -0.4 is 0 Å². The van der Waals surface area contributed by atoms with Gasteiger partial charge in [-0.05, 0) is 0 Å². The van der Waals surface area contributed by atoms with Gasteiger partial charge in [-0.15, -0.1) is 0 Å². The summed E-state index contributed by atoms with van der Waals surface area (Å²) in [6.45, 7) is 10.7. The molecule has 0 rings (SSSR count). The Morgan fingerprint density at radius 3 is 0.895 bits per heavy atom. The van der Waals surface area contributed by atoms with Gasteiger partial charge in [0.25, 0.3) is 0 Å². The molecule has 0 nitrogen and oxygen atoms in total. The van der Waals surface area contributed by atoms with Gasteiger partial charge in [0.1, 0.15) is 0 Å². The van der Waals surface area contributed by atoms with Crippen molar-refractivity contribution in [2.75, 3.05) is 30.8 Å². The van der Waals surface area contributed by atoms with Gasteiger partial charge in [0.05, 0.1) is 0 Å². The average Bonchev–Trinajstić information content (AvgIpc) is 2.47. The summed E-state index contributed by atoms with van der Waals surface area (Å²) < 4.78 is 0. The van der Waals surface area contributed by atoms with Crippen LogP contribution >= 0.6 is 6.60 Å². The third-order valence-corrected chi connectivity index (χ3v) is 13.6. The van der Waals surface area contributed by atoms with Crippen molar-refractivity contribution in [3.8, 4) is 0 Å². The summed E-state index contributed by atoms with van der Waals surface area (Å²) in [6, 6.07) is 0. The van der Waals surface area contributed by atoms with Gasteiger partial charge in [-0.25, -0.2) is 0 Å². The van der Waals surface area contributed by atoms with Crippen molar-refractivity contribution in [1.29, 1.82) is 0 Å². The summed E-state index contributed by atoms with van der Waals surface area (Å²) in [6.07, 6.45) is 19.5. The van der Waals surface area contributed by atoms with Crippen LogP contribution in [-0.2, 0) is 0 Å². The molecule has 0 radical (unpaired) electrons. The summed E-state index contributed by atoms with van der Waals surface area (Å²) in [5, 5.41) is 0. The number of unbranched alkanes of at least 4 members (excludes halogenated alkanes) is 4. The molecule has 0 atom stereocenters. The first-order chi connectivity index (χ1) is 9.12. The molecule has 0 heterocycles. The summed E-state index contributed by atoms with van der Waals surface area (Å²) in [7, 11) is 0. The topological polar surface area (TPSA) is 0 Å². The molecule has 0 aliphatic heterocycles. The third kappa shape index (κ3) is 6.16. The van der Waals surface area contributed by atoms with E-state index in [1.165, 1.54) is 57.5 Å². The van der Waals surface area contributed by atoms with Gasteiger partial charge >= 0.3 is 123 Å². The molecule has 0 spiro atoms. The monoisotopic (exact) mass is 288 g/mol. The first-order valence-corrected chi connectivity index (χ1v) is 12.3. The fraction of sp³-hybridized carbons (Fsp3) is 1.00. The molecule has 0 unspecified atom stereocenters. The second kappa shape index (κ2) is 10.2. The Bertz CT molecular complexity index is 166. The first-order valence-electron chi connectivity index (χ1n) is 9.12. The van der Waals surface area contributed by atoms with Gasteiger partial charge in [-0.2, -0.15) is 0 Å². The maximum atomic E-state index is 2.54. The Labute approximate surface area is 124 Å². The molecule has 118 valence electrons. The van der Waals surface area contributed by atoms with Crippen molar-refractivity contribution in [3.05, 3.63) is 0 Å². The molecule has 0 fully saturated rings. The summed E-state index contributed by atoms with van der Waals surface area (Å²) in [4.78, 5) is 0. The number of rotatable bonds is 13. The van der Waals surface area contributed by atoms with E-state index in [9.17, 15) is 0 Å². The van der Waals surface area contributed by atoms with Crippen LogP contribution in [0.15, 0.2) is 0 Å². The van der Waals surface area contributed by atoms with Crippen LogP contribution in [0.4, 0.5) is 0 Å². The van der Waals surface area contributed by atoms with Gasteiger partial charge in [-0.1, -0.05) is 0 Å². The predicted molar refractivity (Wildman–Crippen MR) is 96.6 cm³/mol. The van der Waals surface area contributed by atoms with Gasteiger partial charge in [-0.3, -0.25) is 0 Å². The molecular weight excluding hydrogens is 247 g/mol. The minimum atomic E-state index is -1.39. The van der Waals surface area contributed by atoms with Crippen molar-refractivity contribution in [1.82, 2.24) is 0 Å². The molecule has 0 aliphatic carbocycles. The zero-order chi connectivity index (χ0) is 14.6. The Kier molecular flexibility index (Phi) is 10.4. The minimum absolute atomic E-state index is 1.39. The molecule has 0 bridgehead atoms. The van der Waals surface area contributed by atoms with Crippen molar-refractivity contribution < 1.29 is 0 Å². The number of hydrogen-bond donors (Lipinski definition) is 0. The van der Waals surface area contributed by atoms with E-state index in [2.05, 4.69) is 34.6 Å². The van der Waals surface area contributed by atoms with E-state index in [0.717, 1.165) is 0 Å². The standard InChI is InChI=1S/C18H41P/c1-6-11-15-19(10-5,16-12-7-2,17-13-8-3)18-14-9-4/h6-18H2,1-5H3. The molecule has 0 aliphatic rings. The number of hydrogen-bond acceptors (Lipinski definition) is 0. The van der Waals surface area contributed by atoms with E-state index in [1.807, 2.05) is 0 Å². The Hall–Kier alpha value is 0.430. The summed E-state index contributed by atoms with van der Waals surface area (Å²) >= 11 is 0. The molecule has 0 amide bonds. The molecule has 0 saturated heterocycles. The van der Waals surface area contributed by atoms with Crippen LogP contribution in [-0.4, -0.2) is 30.8 Å². The quantitative estimate of drug-likeness (QED) is 0.328. The Morgan fingerprint density at radius 1 is 0.474 bits per heavy atom. The predicted octanol–water partition coefficient (Wildman–Crippen LogP) is 6.76. The van der Waals surface area contributed by atoms with Crippen molar-refractivity contribution in [2.45, 2.75) is 86.0 Å². The average molecular weight is 288 g/mol. The molecule has 0 saturated carbocycles. The van der Waals surface area contributed by atoms with Crippen molar-refractivity contribution in [3.63, 3.8) is 0 Å². The molecule has 0 aromatic carbocycles. The second-order valence-electron chi connectivity index (χ2n) is 6.86. The Morgan fingerprint density at radius 2 is 0.737 bits per heavy atom. The van der Waals surface area contributed by atoms with E-state index in [-0.39, 0.29) is 0 Å². The second-order valence-corrected chi connectivity index (χ2v) is 13.8. The van der Waals surface area contributed by atoms with E-state index in [0.29, 0.717) is 0 Å². The molecule has 1 heteroatoms. The zero-order valence-electron chi connectivity index (χ0n) is 14.6. The van der Waals surface area contributed by atoms with Gasteiger partial charge < -0.3 is 0 Å². The van der Waals surface area contributed by atoms with Crippen LogP contribution in [0.25, 0.3) is 0 Å². The van der Waals surface area contributed by atoms with Crippen LogP contribution in [0.3, 0.4) is 0 Å². The van der Waals surface area contributed by atoms with Crippen molar-refractivity contribution in [2.24, 2.45) is 0 Å². The van der Waals surface area contributed by atoms with Crippen LogP contribution in [0, 0.1) is 0 Å². The summed E-state index contributed by atoms with van der Waals surface area (Å²) in [5.41, 5.74) is 0. The van der Waals surface area contributed by atoms with E-state index < -0.39 is 6.60 Å². The SMILES string of the molecule is CCCCP(CC)(CCCC)(CCCC)CCCC. The molecular formula is C18H41P. The molecule has 0 N–H and O–H groups in total. The maximum absolute atomic E-state index is 2.54. The van der Waals surface area contributed by atoms with Gasteiger partial charge in [0, 0.05) is 0 Å². The normalized spacial score (nSPS) is 14.3. The van der Waals surface area contributed by atoms with Crippen LogP contribution in [0.1, 0.15) is 86.0 Å². The fourth-order valence-electron chi connectivity index (χ4n) is 3.72. The Balaban J connectivity index is 5.10. The third-order valence-electron chi connectivity index (χ3n) is 5.47. The van der Waals surface area contributed by atoms with E-state index >= 15 is 0 Å². The van der Waals surface area contributed by atoms with Crippen LogP contribution in [0.2, 0.25) is 0 Å². The zero-order valence-corrected chi connectivity index (χ0v) is 15.5. The first kappa shape index (κ1) is 19.4.